The highest BCUT2D eigenvalue weighted by atomic mass is 32.2. The van der Waals surface area contributed by atoms with Crippen LogP contribution in [0.2, 0.25) is 0 Å². The van der Waals surface area contributed by atoms with Crippen molar-refractivity contribution in [1.29, 1.82) is 0 Å². The summed E-state index contributed by atoms with van der Waals surface area (Å²) in [5.74, 6) is -0.0801. The Kier molecular flexibility index (Phi) is 6.42. The standard InChI is InChI=1S/C16H28N4O3S/c1-17-16(21)15-9-8-13(19(15)2)14-7-4-5-11-20(14)12-6-10-18-24(3,22)23/h8-9,14,18H,4-7,10-12H2,1-3H3,(H,17,21). The zero-order valence-electron chi connectivity index (χ0n) is 14.7. The summed E-state index contributed by atoms with van der Waals surface area (Å²) in [5.41, 5.74) is 1.81. The molecule has 1 aromatic heterocycles. The molecule has 2 N–H and O–H groups in total. The first kappa shape index (κ1) is 19.0. The van der Waals surface area contributed by atoms with E-state index >= 15 is 0 Å². The van der Waals surface area contributed by atoms with E-state index in [9.17, 15) is 13.2 Å². The second-order valence-corrected chi connectivity index (χ2v) is 8.18. The molecule has 1 atom stereocenters. The van der Waals surface area contributed by atoms with Gasteiger partial charge in [-0.3, -0.25) is 9.69 Å². The average Bonchev–Trinajstić information content (AvgIpc) is 2.92. The third kappa shape index (κ3) is 4.81. The van der Waals surface area contributed by atoms with Crippen molar-refractivity contribution >= 4 is 15.9 Å². The molecule has 2 rings (SSSR count). The second-order valence-electron chi connectivity index (χ2n) is 6.35. The number of aromatic nitrogens is 1. The Bertz CT molecular complexity index is 669. The fourth-order valence-electron chi connectivity index (χ4n) is 3.35. The molecule has 1 unspecified atom stereocenters. The molecule has 0 saturated carbocycles. The number of carbonyl (C=O) groups excluding carboxylic acids is 1. The molecule has 0 aromatic carbocycles. The van der Waals surface area contributed by atoms with Gasteiger partial charge in [-0.2, -0.15) is 0 Å². The first-order valence-electron chi connectivity index (χ1n) is 8.40. The number of hydrogen-bond acceptors (Lipinski definition) is 4. The van der Waals surface area contributed by atoms with Crippen molar-refractivity contribution in [2.24, 2.45) is 7.05 Å². The summed E-state index contributed by atoms with van der Waals surface area (Å²) < 4.78 is 26.8. The normalized spacial score (nSPS) is 19.4. The van der Waals surface area contributed by atoms with Crippen molar-refractivity contribution in [3.8, 4) is 0 Å². The summed E-state index contributed by atoms with van der Waals surface area (Å²) in [7, 11) is 0.438. The Morgan fingerprint density at radius 1 is 1.33 bits per heavy atom. The maximum atomic E-state index is 11.9. The molecule has 2 heterocycles. The van der Waals surface area contributed by atoms with Crippen LogP contribution in [0.1, 0.15) is 47.9 Å². The summed E-state index contributed by atoms with van der Waals surface area (Å²) in [4.78, 5) is 14.3. The summed E-state index contributed by atoms with van der Waals surface area (Å²) in [6, 6.07) is 4.18. The molecular weight excluding hydrogens is 328 g/mol. The molecule has 8 heteroatoms. The number of sulfonamides is 1. The molecule has 136 valence electrons. The van der Waals surface area contributed by atoms with Gasteiger partial charge in [0.25, 0.3) is 5.91 Å². The van der Waals surface area contributed by atoms with Gasteiger partial charge < -0.3 is 9.88 Å². The van der Waals surface area contributed by atoms with Crippen LogP contribution in [0, 0.1) is 0 Å². The lowest BCUT2D eigenvalue weighted by molar-refractivity contribution is 0.0952. The second kappa shape index (κ2) is 8.13. The molecule has 1 aliphatic rings. The predicted molar refractivity (Wildman–Crippen MR) is 94.4 cm³/mol. The van der Waals surface area contributed by atoms with Crippen LogP contribution < -0.4 is 10.0 Å². The number of rotatable bonds is 7. The molecule has 0 spiro atoms. The molecule has 0 bridgehead atoms. The van der Waals surface area contributed by atoms with Gasteiger partial charge in [0.1, 0.15) is 5.69 Å². The van der Waals surface area contributed by atoms with Gasteiger partial charge in [-0.1, -0.05) is 6.42 Å². The quantitative estimate of drug-likeness (QED) is 0.710. The minimum atomic E-state index is -3.13. The first-order valence-corrected chi connectivity index (χ1v) is 10.3. The highest BCUT2D eigenvalue weighted by molar-refractivity contribution is 7.88. The maximum absolute atomic E-state index is 11.9. The Labute approximate surface area is 144 Å². The molecule has 1 aliphatic heterocycles. The van der Waals surface area contributed by atoms with Gasteiger partial charge in [0.2, 0.25) is 10.0 Å². The molecule has 1 amide bonds. The number of hydrogen-bond donors (Lipinski definition) is 2. The number of likely N-dealkylation sites (tertiary alicyclic amines) is 1. The van der Waals surface area contributed by atoms with E-state index in [0.717, 1.165) is 38.0 Å². The van der Waals surface area contributed by atoms with Gasteiger partial charge in [0.05, 0.1) is 12.3 Å². The summed E-state index contributed by atoms with van der Waals surface area (Å²) >= 11 is 0. The number of amides is 1. The molecule has 1 saturated heterocycles. The van der Waals surface area contributed by atoms with E-state index in [1.54, 1.807) is 7.05 Å². The Hall–Kier alpha value is -1.38. The minimum absolute atomic E-state index is 0.0801. The van der Waals surface area contributed by atoms with Crippen LogP contribution in [-0.4, -0.2) is 56.7 Å². The van der Waals surface area contributed by atoms with Gasteiger partial charge in [0.15, 0.2) is 0 Å². The number of carbonyl (C=O) groups is 1. The van der Waals surface area contributed by atoms with E-state index in [1.807, 2.05) is 23.7 Å². The van der Waals surface area contributed by atoms with Crippen molar-refractivity contribution in [2.75, 3.05) is 32.9 Å². The van der Waals surface area contributed by atoms with E-state index in [4.69, 9.17) is 0 Å². The van der Waals surface area contributed by atoms with E-state index in [2.05, 4.69) is 14.9 Å². The van der Waals surface area contributed by atoms with E-state index in [-0.39, 0.29) is 11.9 Å². The van der Waals surface area contributed by atoms with Crippen molar-refractivity contribution in [3.63, 3.8) is 0 Å². The van der Waals surface area contributed by atoms with Gasteiger partial charge >= 0.3 is 0 Å². The largest absolute Gasteiger partial charge is 0.354 e. The third-order valence-electron chi connectivity index (χ3n) is 4.56. The van der Waals surface area contributed by atoms with Crippen molar-refractivity contribution in [3.05, 3.63) is 23.5 Å². The van der Waals surface area contributed by atoms with Gasteiger partial charge in [-0.25, -0.2) is 13.1 Å². The average molecular weight is 356 g/mol. The number of piperidine rings is 1. The van der Waals surface area contributed by atoms with E-state index < -0.39 is 10.0 Å². The van der Waals surface area contributed by atoms with Gasteiger partial charge in [-0.15, -0.1) is 0 Å². The van der Waals surface area contributed by atoms with Crippen molar-refractivity contribution in [2.45, 2.75) is 31.7 Å². The summed E-state index contributed by atoms with van der Waals surface area (Å²) in [6.07, 6.45) is 5.34. The van der Waals surface area contributed by atoms with Gasteiger partial charge in [-0.05, 0) is 37.9 Å². The van der Waals surface area contributed by atoms with Crippen LogP contribution in [0.5, 0.6) is 0 Å². The predicted octanol–water partition coefficient (Wildman–Crippen LogP) is 0.851. The van der Waals surface area contributed by atoms with Crippen LogP contribution in [0.25, 0.3) is 0 Å². The van der Waals surface area contributed by atoms with Crippen molar-refractivity contribution in [1.82, 2.24) is 19.5 Å². The molecular formula is C16H28N4O3S. The maximum Gasteiger partial charge on any atom is 0.267 e. The topological polar surface area (TPSA) is 83.4 Å². The molecule has 1 fully saturated rings. The molecule has 0 aliphatic carbocycles. The molecule has 7 nitrogen and oxygen atoms in total. The fourth-order valence-corrected chi connectivity index (χ4v) is 3.87. The van der Waals surface area contributed by atoms with Gasteiger partial charge in [0, 0.05) is 32.9 Å². The first-order chi connectivity index (χ1) is 11.3. The lowest BCUT2D eigenvalue weighted by Gasteiger charge is -2.36. The monoisotopic (exact) mass is 356 g/mol. The summed E-state index contributed by atoms with van der Waals surface area (Å²) in [6.45, 7) is 2.30. The highest BCUT2D eigenvalue weighted by Gasteiger charge is 2.26. The zero-order valence-corrected chi connectivity index (χ0v) is 15.5. The lowest BCUT2D eigenvalue weighted by Crippen LogP contribution is -2.37. The lowest BCUT2D eigenvalue weighted by atomic mass is 9.99. The Morgan fingerprint density at radius 2 is 2.08 bits per heavy atom. The molecule has 0 radical (unpaired) electrons. The fraction of sp³-hybridized carbons (Fsp3) is 0.688. The van der Waals surface area contributed by atoms with E-state index in [1.165, 1.54) is 12.7 Å². The number of nitrogens with one attached hydrogen (secondary N) is 2. The zero-order chi connectivity index (χ0) is 17.7. The van der Waals surface area contributed by atoms with E-state index in [0.29, 0.717) is 12.2 Å². The van der Waals surface area contributed by atoms with Crippen LogP contribution in [0.3, 0.4) is 0 Å². The number of nitrogens with zero attached hydrogens (tertiary/aromatic N) is 2. The Morgan fingerprint density at radius 3 is 2.75 bits per heavy atom. The smallest absolute Gasteiger partial charge is 0.267 e. The minimum Gasteiger partial charge on any atom is -0.354 e. The summed E-state index contributed by atoms with van der Waals surface area (Å²) in [5, 5.41) is 2.67. The molecule has 1 aromatic rings. The highest BCUT2D eigenvalue weighted by Crippen LogP contribution is 2.31. The van der Waals surface area contributed by atoms with Crippen LogP contribution in [0.15, 0.2) is 12.1 Å². The van der Waals surface area contributed by atoms with Crippen molar-refractivity contribution < 1.29 is 13.2 Å². The SMILES string of the molecule is CNC(=O)c1ccc(C2CCCCN2CCCNS(C)(=O)=O)n1C. The third-order valence-corrected chi connectivity index (χ3v) is 5.29. The molecule has 24 heavy (non-hydrogen) atoms. The van der Waals surface area contributed by atoms with Crippen LogP contribution in [0.4, 0.5) is 0 Å². The Balaban J connectivity index is 2.04. The van der Waals surface area contributed by atoms with Crippen LogP contribution in [-0.2, 0) is 17.1 Å². The van der Waals surface area contributed by atoms with Crippen LogP contribution >= 0.6 is 0 Å².